The fourth-order valence-corrected chi connectivity index (χ4v) is 2.51. The van der Waals surface area contributed by atoms with E-state index in [4.69, 9.17) is 15.2 Å². The summed E-state index contributed by atoms with van der Waals surface area (Å²) in [6.45, 7) is 11.7. The van der Waals surface area contributed by atoms with Crippen molar-refractivity contribution in [3.8, 4) is 0 Å². The van der Waals surface area contributed by atoms with E-state index >= 15 is 0 Å². The summed E-state index contributed by atoms with van der Waals surface area (Å²) in [6, 6.07) is 14.2. The number of rotatable bonds is 5. The second-order valence-corrected chi connectivity index (χ2v) is 9.85. The van der Waals surface area contributed by atoms with Crippen LogP contribution in [0.5, 0.6) is 0 Å². The summed E-state index contributed by atoms with van der Waals surface area (Å²) in [4.78, 5) is 33.9. The molecular formula is C26H39N5O5. The number of carbonyl (C=O) groups excluding carboxylic acids is 3. The normalized spacial score (nSPS) is 10.8. The van der Waals surface area contributed by atoms with E-state index < -0.39 is 23.4 Å². The molecule has 0 saturated heterocycles. The van der Waals surface area contributed by atoms with Crippen LogP contribution in [-0.4, -0.2) is 36.5 Å². The zero-order valence-electron chi connectivity index (χ0n) is 22.2. The number of benzene rings is 2. The summed E-state index contributed by atoms with van der Waals surface area (Å²) >= 11 is 0. The smallest absolute Gasteiger partial charge is 0.407 e. The van der Waals surface area contributed by atoms with Crippen molar-refractivity contribution in [1.82, 2.24) is 16.0 Å². The van der Waals surface area contributed by atoms with Crippen LogP contribution in [-0.2, 0) is 22.6 Å². The second kappa shape index (κ2) is 13.8. The fourth-order valence-electron chi connectivity index (χ4n) is 2.51. The Morgan fingerprint density at radius 2 is 1.11 bits per heavy atom. The van der Waals surface area contributed by atoms with Gasteiger partial charge in [-0.2, -0.15) is 0 Å². The lowest BCUT2D eigenvalue weighted by atomic mass is 10.2. The number of nitrogen functional groups attached to an aromatic ring is 1. The van der Waals surface area contributed by atoms with E-state index in [1.165, 1.54) is 0 Å². The van der Waals surface area contributed by atoms with E-state index in [1.54, 1.807) is 31.3 Å². The molecule has 36 heavy (non-hydrogen) atoms. The number of carbonyl (C=O) groups is 3. The summed E-state index contributed by atoms with van der Waals surface area (Å²) in [7, 11) is 1.55. The largest absolute Gasteiger partial charge is 0.444 e. The van der Waals surface area contributed by atoms with E-state index in [0.717, 1.165) is 11.1 Å². The molecule has 0 aromatic heterocycles. The van der Waals surface area contributed by atoms with Gasteiger partial charge in [0.1, 0.15) is 11.2 Å². The Kier molecular flexibility index (Phi) is 11.5. The third kappa shape index (κ3) is 14.3. The predicted octanol–water partition coefficient (Wildman–Crippen LogP) is 4.76. The van der Waals surface area contributed by atoms with Crippen LogP contribution in [0, 0.1) is 0 Å². The number of nitrogens with two attached hydrogens (primary N) is 1. The van der Waals surface area contributed by atoms with Crippen LogP contribution in [0.25, 0.3) is 0 Å². The molecule has 6 N–H and O–H groups in total. The first-order valence-corrected chi connectivity index (χ1v) is 11.5. The number of hydrogen-bond acceptors (Lipinski definition) is 6. The monoisotopic (exact) mass is 501 g/mol. The second-order valence-electron chi connectivity index (χ2n) is 9.85. The maximum atomic E-state index is 11.5. The first-order valence-electron chi connectivity index (χ1n) is 11.5. The molecule has 0 radical (unpaired) electrons. The van der Waals surface area contributed by atoms with Crippen LogP contribution in [0.4, 0.5) is 25.8 Å². The molecule has 2 rings (SSSR count). The quantitative estimate of drug-likeness (QED) is 0.374. The van der Waals surface area contributed by atoms with Gasteiger partial charge in [-0.1, -0.05) is 24.3 Å². The van der Waals surface area contributed by atoms with Crippen LogP contribution >= 0.6 is 0 Å². The fraction of sp³-hybridized carbons (Fsp3) is 0.423. The van der Waals surface area contributed by atoms with Crippen molar-refractivity contribution >= 4 is 29.6 Å². The summed E-state index contributed by atoms with van der Waals surface area (Å²) < 4.78 is 10.2. The third-order valence-electron chi connectivity index (χ3n) is 4.09. The van der Waals surface area contributed by atoms with Crippen molar-refractivity contribution in [3.05, 3.63) is 59.7 Å². The highest BCUT2D eigenvalue weighted by atomic mass is 16.6. The predicted molar refractivity (Wildman–Crippen MR) is 142 cm³/mol. The topological polar surface area (TPSA) is 144 Å². The van der Waals surface area contributed by atoms with Gasteiger partial charge in [-0.15, -0.1) is 0 Å². The van der Waals surface area contributed by atoms with Crippen molar-refractivity contribution < 1.29 is 23.9 Å². The first-order chi connectivity index (χ1) is 16.7. The molecule has 0 spiro atoms. The molecule has 4 amide bonds. The van der Waals surface area contributed by atoms with Gasteiger partial charge >= 0.3 is 18.2 Å². The van der Waals surface area contributed by atoms with E-state index in [9.17, 15) is 14.4 Å². The summed E-state index contributed by atoms with van der Waals surface area (Å²) in [5, 5.41) is 10.5. The van der Waals surface area contributed by atoms with Gasteiger partial charge in [-0.3, -0.25) is 0 Å². The molecule has 0 aliphatic rings. The highest BCUT2D eigenvalue weighted by Crippen LogP contribution is 2.11. The van der Waals surface area contributed by atoms with Gasteiger partial charge < -0.3 is 36.5 Å². The maximum absolute atomic E-state index is 11.5. The maximum Gasteiger partial charge on any atom is 0.407 e. The first kappa shape index (κ1) is 30.1. The van der Waals surface area contributed by atoms with Crippen molar-refractivity contribution in [2.75, 3.05) is 18.1 Å². The lowest BCUT2D eigenvalue weighted by Crippen LogP contribution is -2.32. The lowest BCUT2D eigenvalue weighted by molar-refractivity contribution is 0.0512. The number of hydrogen-bond donors (Lipinski definition) is 5. The van der Waals surface area contributed by atoms with Crippen LogP contribution in [0.1, 0.15) is 52.7 Å². The Hall–Kier alpha value is -3.95. The van der Waals surface area contributed by atoms with Gasteiger partial charge in [0.15, 0.2) is 0 Å². The lowest BCUT2D eigenvalue weighted by Gasteiger charge is -2.19. The molecule has 0 atom stereocenters. The highest BCUT2D eigenvalue weighted by molar-refractivity contribution is 5.88. The van der Waals surface area contributed by atoms with E-state index in [2.05, 4.69) is 21.3 Å². The number of anilines is 2. The average Bonchev–Trinajstić information content (AvgIpc) is 2.76. The molecule has 0 unspecified atom stereocenters. The number of alkyl carbamates (subject to hydrolysis) is 2. The number of nitrogens with one attached hydrogen (secondary N) is 4. The zero-order valence-corrected chi connectivity index (χ0v) is 22.2. The molecule has 2 aromatic carbocycles. The van der Waals surface area contributed by atoms with Gasteiger partial charge in [-0.05, 0) is 76.9 Å². The van der Waals surface area contributed by atoms with Crippen molar-refractivity contribution in [2.24, 2.45) is 0 Å². The molecule has 10 nitrogen and oxygen atoms in total. The van der Waals surface area contributed by atoms with E-state index in [0.29, 0.717) is 24.5 Å². The Morgan fingerprint density at radius 3 is 1.47 bits per heavy atom. The minimum absolute atomic E-state index is 0.273. The van der Waals surface area contributed by atoms with Gasteiger partial charge in [-0.25, -0.2) is 14.4 Å². The molecule has 198 valence electrons. The Balaban J connectivity index is 0.000000369. The Morgan fingerprint density at radius 1 is 0.722 bits per heavy atom. The van der Waals surface area contributed by atoms with Crippen LogP contribution in [0.2, 0.25) is 0 Å². The van der Waals surface area contributed by atoms with Gasteiger partial charge in [0, 0.05) is 31.5 Å². The van der Waals surface area contributed by atoms with Gasteiger partial charge in [0.2, 0.25) is 0 Å². The summed E-state index contributed by atoms with van der Waals surface area (Å²) in [5.41, 5.74) is 7.87. The molecule has 0 aliphatic heterocycles. The van der Waals surface area contributed by atoms with Crippen LogP contribution in [0.15, 0.2) is 48.5 Å². The van der Waals surface area contributed by atoms with Crippen LogP contribution < -0.4 is 27.0 Å². The Bertz CT molecular complexity index is 978. The SMILES string of the molecule is CC(C)(C)OC(=O)NCc1ccc(N)cc1.CNC(=O)Nc1ccc(CNC(=O)OC(C)(C)C)cc1. The van der Waals surface area contributed by atoms with Crippen molar-refractivity contribution in [1.29, 1.82) is 0 Å². The summed E-state index contributed by atoms with van der Waals surface area (Å²) in [6.07, 6.45) is -0.866. The van der Waals surface area contributed by atoms with Crippen LogP contribution in [0.3, 0.4) is 0 Å². The standard InChI is InChI=1S/C14H21N3O3.C12H18N2O2/c1-14(2,3)20-13(19)16-9-10-5-7-11(8-6-10)17-12(18)15-4;1-12(2,3)16-11(15)14-8-9-4-6-10(13)7-5-9/h5-8H,9H2,1-4H3,(H,16,19)(H2,15,17,18);4-7H,8,13H2,1-3H3,(H,14,15). The van der Waals surface area contributed by atoms with E-state index in [-0.39, 0.29) is 6.03 Å². The molecule has 0 heterocycles. The number of amides is 4. The molecule has 0 saturated carbocycles. The van der Waals surface area contributed by atoms with E-state index in [1.807, 2.05) is 65.8 Å². The molecule has 0 aliphatic carbocycles. The number of urea groups is 1. The Labute approximate surface area is 213 Å². The van der Waals surface area contributed by atoms with Crippen molar-refractivity contribution in [3.63, 3.8) is 0 Å². The highest BCUT2D eigenvalue weighted by Gasteiger charge is 2.16. The third-order valence-corrected chi connectivity index (χ3v) is 4.09. The number of ether oxygens (including phenoxy) is 2. The molecule has 10 heteroatoms. The summed E-state index contributed by atoms with van der Waals surface area (Å²) in [5.74, 6) is 0. The molecular weight excluding hydrogens is 462 g/mol. The zero-order chi connectivity index (χ0) is 27.4. The van der Waals surface area contributed by atoms with Crippen molar-refractivity contribution in [2.45, 2.75) is 65.8 Å². The minimum atomic E-state index is -0.509. The van der Waals surface area contributed by atoms with Gasteiger partial charge in [0.25, 0.3) is 0 Å². The van der Waals surface area contributed by atoms with Gasteiger partial charge in [0.05, 0.1) is 0 Å². The molecule has 0 fully saturated rings. The molecule has 2 aromatic rings. The molecule has 0 bridgehead atoms. The average molecular weight is 502 g/mol. The minimum Gasteiger partial charge on any atom is -0.444 e.